The molecule has 0 bridgehead atoms. The van der Waals surface area contributed by atoms with Gasteiger partial charge in [-0.15, -0.1) is 0 Å². The second-order valence-corrected chi connectivity index (χ2v) is 3.20. The molecule has 1 heterocycles. The van der Waals surface area contributed by atoms with Crippen molar-refractivity contribution in [2.75, 3.05) is 26.2 Å². The molecule has 2 amide bonds. The molecule has 14 heavy (non-hydrogen) atoms. The zero-order valence-electron chi connectivity index (χ0n) is 8.36. The molecule has 1 rings (SSSR count). The smallest absolute Gasteiger partial charge is 0.719 e. The topological polar surface area (TPSA) is 40.6 Å². The Morgan fingerprint density at radius 1 is 0.786 bits per heavy atom. The van der Waals surface area contributed by atoms with Crippen molar-refractivity contribution < 1.29 is 112 Å². The molecule has 0 aliphatic carbocycles. The van der Waals surface area contributed by atoms with E-state index in [9.17, 15) is 9.59 Å². The van der Waals surface area contributed by atoms with Crippen LogP contribution in [0.3, 0.4) is 0 Å². The molecular weight excluding hydrogens is 274 g/mol. The maximum absolute atomic E-state index is 10.7. The number of carbonyl (C=O) groups is 2. The molecule has 0 saturated carbocycles. The van der Waals surface area contributed by atoms with Crippen molar-refractivity contribution in [3.8, 4) is 0 Å². The van der Waals surface area contributed by atoms with Gasteiger partial charge in [0, 0.05) is 26.2 Å². The normalized spacial score (nSPS) is 15.1. The second kappa shape index (κ2) is 9.66. The average Bonchev–Trinajstić information content (AvgIpc) is 2.04. The minimum Gasteiger partial charge on any atom is -0.719 e. The molecule has 0 unspecified atom stereocenters. The number of hydrogen-bond donors (Lipinski definition) is 0. The van der Waals surface area contributed by atoms with Gasteiger partial charge in [-0.25, -0.2) is 0 Å². The van der Waals surface area contributed by atoms with E-state index < -0.39 is 0 Å². The number of hydrogen-bond acceptors (Lipinski definition) is 4. The van der Waals surface area contributed by atoms with E-state index in [1.807, 2.05) is 0 Å². The Morgan fingerprint density at radius 3 is 1.14 bits per heavy atom. The third kappa shape index (κ3) is 6.40. The Labute approximate surface area is 180 Å². The molecule has 0 aromatic heterocycles. The molecule has 8 heteroatoms. The fraction of sp³-hybridized carbons (Fsp3) is 0.667. The SMILES string of the molecule is O=C([S-])N1CCN(C(=O)[S-])CC1.[K+].[K+]. The Morgan fingerprint density at radius 2 is 1.00 bits per heavy atom. The van der Waals surface area contributed by atoms with Gasteiger partial charge in [-0.1, -0.05) is 0 Å². The van der Waals surface area contributed by atoms with Crippen molar-refractivity contribution in [3.05, 3.63) is 0 Å². The average molecular weight is 282 g/mol. The molecule has 1 saturated heterocycles. The van der Waals surface area contributed by atoms with Crippen molar-refractivity contribution in [2.24, 2.45) is 0 Å². The Bertz CT molecular complexity index is 188. The number of rotatable bonds is 0. The van der Waals surface area contributed by atoms with E-state index in [1.165, 1.54) is 9.80 Å². The standard InChI is InChI=1S/C6H10N2O2S2.2K/c9-5(11)7-1-2-8(4-3-7)6(10)12;;/h1-4H2,(H,9,11)(H,10,12);;/q;2*+1/p-2. The largest absolute Gasteiger partial charge is 1.00 e. The van der Waals surface area contributed by atoms with Crippen LogP contribution in [0, 0.1) is 0 Å². The third-order valence-electron chi connectivity index (χ3n) is 1.80. The molecule has 4 nitrogen and oxygen atoms in total. The van der Waals surface area contributed by atoms with Gasteiger partial charge in [0.1, 0.15) is 10.5 Å². The van der Waals surface area contributed by atoms with Crippen molar-refractivity contribution in [1.29, 1.82) is 0 Å². The van der Waals surface area contributed by atoms with Gasteiger partial charge >= 0.3 is 103 Å². The molecule has 0 spiro atoms. The zero-order valence-corrected chi connectivity index (χ0v) is 16.2. The molecule has 68 valence electrons. The van der Waals surface area contributed by atoms with Crippen LogP contribution in [0.5, 0.6) is 0 Å². The summed E-state index contributed by atoms with van der Waals surface area (Å²) in [6, 6.07) is 0. The van der Waals surface area contributed by atoms with Gasteiger partial charge in [-0.2, -0.15) is 0 Å². The van der Waals surface area contributed by atoms with Crippen LogP contribution >= 0.6 is 0 Å². The maximum atomic E-state index is 10.7. The summed E-state index contributed by atoms with van der Waals surface area (Å²) in [4.78, 5) is 24.4. The number of carbonyl (C=O) groups excluding carboxylic acids is 2. The van der Waals surface area contributed by atoms with E-state index in [0.717, 1.165) is 0 Å². The summed E-state index contributed by atoms with van der Waals surface area (Å²) in [6.45, 7) is 2.02. The second-order valence-electron chi connectivity index (χ2n) is 2.51. The Balaban J connectivity index is 0. The first-order valence-electron chi connectivity index (χ1n) is 3.53. The van der Waals surface area contributed by atoms with Crippen LogP contribution in [0.2, 0.25) is 0 Å². The van der Waals surface area contributed by atoms with Crippen LogP contribution in [0.15, 0.2) is 0 Å². The number of nitrogens with zero attached hydrogens (tertiary/aromatic N) is 2. The summed E-state index contributed by atoms with van der Waals surface area (Å²) in [5, 5.41) is -0.710. The Kier molecular flexibility index (Phi) is 13.1. The minimum atomic E-state index is -0.355. The van der Waals surface area contributed by atoms with E-state index in [-0.39, 0.29) is 113 Å². The van der Waals surface area contributed by atoms with Gasteiger partial charge < -0.3 is 44.6 Å². The summed E-state index contributed by atoms with van der Waals surface area (Å²) < 4.78 is 0. The van der Waals surface area contributed by atoms with Crippen molar-refractivity contribution in [2.45, 2.75) is 0 Å². The van der Waals surface area contributed by atoms with Crippen molar-refractivity contribution in [1.82, 2.24) is 9.80 Å². The summed E-state index contributed by atoms with van der Waals surface area (Å²) >= 11 is 8.92. The van der Waals surface area contributed by atoms with Crippen LogP contribution in [-0.4, -0.2) is 46.5 Å². The van der Waals surface area contributed by atoms with Gasteiger partial charge in [0.05, 0.1) is 0 Å². The van der Waals surface area contributed by atoms with Crippen LogP contribution in [0.25, 0.3) is 0 Å². The first-order chi connectivity index (χ1) is 5.61. The quantitative estimate of drug-likeness (QED) is 0.328. The van der Waals surface area contributed by atoms with Gasteiger partial charge in [0.25, 0.3) is 0 Å². The summed E-state index contributed by atoms with van der Waals surface area (Å²) in [7, 11) is 0. The summed E-state index contributed by atoms with van der Waals surface area (Å²) in [5.41, 5.74) is 0. The molecule has 0 radical (unpaired) electrons. The Hall–Kier alpha value is 2.65. The number of piperazine rings is 1. The summed E-state index contributed by atoms with van der Waals surface area (Å²) in [5.74, 6) is 0. The third-order valence-corrected chi connectivity index (χ3v) is 2.31. The molecule has 0 N–H and O–H groups in total. The monoisotopic (exact) mass is 282 g/mol. The molecule has 1 aliphatic heterocycles. The zero-order chi connectivity index (χ0) is 9.14. The van der Waals surface area contributed by atoms with E-state index in [0.29, 0.717) is 26.2 Å². The van der Waals surface area contributed by atoms with Gasteiger partial charge in [0.2, 0.25) is 0 Å². The van der Waals surface area contributed by atoms with Crippen LogP contribution in [0.1, 0.15) is 0 Å². The molecule has 0 aromatic rings. The van der Waals surface area contributed by atoms with Crippen LogP contribution in [-0.2, 0) is 25.3 Å². The fourth-order valence-electron chi connectivity index (χ4n) is 1.07. The van der Waals surface area contributed by atoms with Crippen LogP contribution < -0.4 is 103 Å². The van der Waals surface area contributed by atoms with Crippen molar-refractivity contribution in [3.63, 3.8) is 0 Å². The fourth-order valence-corrected chi connectivity index (χ4v) is 1.44. The van der Waals surface area contributed by atoms with Crippen LogP contribution in [0.4, 0.5) is 9.59 Å². The number of amides is 2. The first-order valence-corrected chi connectivity index (χ1v) is 4.35. The molecular formula is C6H8K2N2O2S2. The summed E-state index contributed by atoms with van der Waals surface area (Å²) in [6.07, 6.45) is 0. The van der Waals surface area contributed by atoms with Gasteiger partial charge in [-0.05, 0) is 0 Å². The molecule has 1 aliphatic rings. The predicted octanol–water partition coefficient (Wildman–Crippen LogP) is -6.05. The van der Waals surface area contributed by atoms with E-state index >= 15 is 0 Å². The van der Waals surface area contributed by atoms with Crippen molar-refractivity contribution >= 4 is 35.7 Å². The maximum Gasteiger partial charge on any atom is 1.00 e. The molecule has 0 atom stereocenters. The van der Waals surface area contributed by atoms with E-state index in [2.05, 4.69) is 25.3 Å². The van der Waals surface area contributed by atoms with E-state index in [1.54, 1.807) is 0 Å². The molecule has 0 aromatic carbocycles. The van der Waals surface area contributed by atoms with E-state index in [4.69, 9.17) is 0 Å². The predicted molar refractivity (Wildman–Crippen MR) is 48.7 cm³/mol. The molecule has 1 fully saturated rings. The first kappa shape index (κ1) is 19.0. The minimum absolute atomic E-state index is 0. The van der Waals surface area contributed by atoms with Gasteiger partial charge in [-0.3, -0.25) is 0 Å². The van der Waals surface area contributed by atoms with Gasteiger partial charge in [0.15, 0.2) is 0 Å².